The van der Waals surface area contributed by atoms with Gasteiger partial charge in [0.25, 0.3) is 0 Å². The maximum Gasteiger partial charge on any atom is 0.338 e. The molecule has 13 heteroatoms. The number of carbonyl (C=O) groups excluding carboxylic acids is 1. The average Bonchev–Trinajstić information content (AvgIpc) is 3.07. The minimum absolute atomic E-state index is 0.0659. The van der Waals surface area contributed by atoms with Crippen LogP contribution in [0.1, 0.15) is 10.4 Å². The van der Waals surface area contributed by atoms with E-state index in [9.17, 15) is 45.6 Å². The summed E-state index contributed by atoms with van der Waals surface area (Å²) >= 11 is 0. The maximum atomic E-state index is 12.6. The first-order chi connectivity index (χ1) is 16.6. The van der Waals surface area contributed by atoms with Crippen molar-refractivity contribution in [1.29, 1.82) is 0 Å². The number of hydrogen-bond donors (Lipinski definition) is 8. The number of carbonyl (C=O) groups is 1. The molecule has 0 amide bonds. The predicted molar refractivity (Wildman–Crippen MR) is 111 cm³/mol. The average molecular weight is 500 g/mol. The molecule has 1 aromatic carbocycles. The zero-order valence-corrected chi connectivity index (χ0v) is 18.3. The number of phenols is 1. The van der Waals surface area contributed by atoms with E-state index in [2.05, 4.69) is 0 Å². The quantitative estimate of drug-likeness (QED) is 0.182. The summed E-state index contributed by atoms with van der Waals surface area (Å²) < 4.78 is 21.8. The van der Waals surface area contributed by atoms with Gasteiger partial charge in [0.2, 0.25) is 6.29 Å². The number of fused-ring (bicyclic) bond motifs is 1. The molecule has 2 aliphatic heterocycles. The van der Waals surface area contributed by atoms with Crippen molar-refractivity contribution in [2.24, 2.45) is 11.8 Å². The number of rotatable bonds is 6. The normalized spacial score (nSPS) is 42.8. The molecule has 2 heterocycles. The molecule has 35 heavy (non-hydrogen) atoms. The number of aliphatic hydroxyl groups excluding tert-OH is 6. The van der Waals surface area contributed by atoms with Crippen molar-refractivity contribution in [2.75, 3.05) is 13.2 Å². The molecular formula is C22H28O13. The van der Waals surface area contributed by atoms with Gasteiger partial charge in [-0.1, -0.05) is 0 Å². The number of aliphatic hydroxyl groups is 7. The van der Waals surface area contributed by atoms with E-state index >= 15 is 0 Å². The number of esters is 1. The Balaban J connectivity index is 1.57. The number of aromatic hydroxyl groups is 1. The van der Waals surface area contributed by atoms with Gasteiger partial charge in [-0.2, -0.15) is 0 Å². The van der Waals surface area contributed by atoms with Gasteiger partial charge in [0, 0.05) is 5.92 Å². The lowest BCUT2D eigenvalue weighted by Crippen LogP contribution is -2.61. The third-order valence-electron chi connectivity index (χ3n) is 6.72. The van der Waals surface area contributed by atoms with E-state index in [0.717, 1.165) is 6.26 Å². The summed E-state index contributed by atoms with van der Waals surface area (Å²) in [5.41, 5.74) is -2.22. The molecule has 0 spiro atoms. The van der Waals surface area contributed by atoms with E-state index in [-0.39, 0.29) is 11.3 Å². The molecule has 1 aliphatic carbocycles. The fourth-order valence-corrected chi connectivity index (χ4v) is 4.73. The second kappa shape index (κ2) is 9.97. The molecule has 0 aromatic heterocycles. The SMILES string of the molecule is O=C(O[C@H]1[C@@H]2C=CO[C@@H](O[C@@H]3O[C@H](CO)[C@@H](O)[C@H](O)[C@H]3O)[C@@H]2[C@](O)(CO)[C@@H]1O)c1ccc(O)cc1. The molecule has 11 atom stereocenters. The van der Waals surface area contributed by atoms with Gasteiger partial charge in [0.1, 0.15) is 48.0 Å². The van der Waals surface area contributed by atoms with Crippen LogP contribution >= 0.6 is 0 Å². The van der Waals surface area contributed by atoms with Crippen LogP contribution in [0.2, 0.25) is 0 Å². The first-order valence-electron chi connectivity index (χ1n) is 10.9. The van der Waals surface area contributed by atoms with E-state index in [0.29, 0.717) is 0 Å². The zero-order valence-electron chi connectivity index (χ0n) is 18.3. The van der Waals surface area contributed by atoms with Crippen LogP contribution in [0.3, 0.4) is 0 Å². The van der Waals surface area contributed by atoms with Crippen LogP contribution in [0.25, 0.3) is 0 Å². The topological polar surface area (TPSA) is 216 Å². The van der Waals surface area contributed by atoms with E-state index in [1.165, 1.54) is 30.3 Å². The van der Waals surface area contributed by atoms with Crippen LogP contribution in [-0.4, -0.2) is 115 Å². The highest BCUT2D eigenvalue weighted by molar-refractivity contribution is 5.89. The van der Waals surface area contributed by atoms with Crippen LogP contribution in [0, 0.1) is 11.8 Å². The minimum Gasteiger partial charge on any atom is -0.508 e. The molecule has 1 aromatic rings. The Labute approximate surface area is 199 Å². The van der Waals surface area contributed by atoms with Gasteiger partial charge in [-0.05, 0) is 30.3 Å². The number of ether oxygens (including phenoxy) is 4. The lowest BCUT2D eigenvalue weighted by atomic mass is 9.83. The van der Waals surface area contributed by atoms with Gasteiger partial charge in [-0.25, -0.2) is 4.79 Å². The van der Waals surface area contributed by atoms with Gasteiger partial charge >= 0.3 is 5.97 Å². The standard InChI is InChI=1S/C22H28O13/c23-7-12-14(26)15(27)16(28)21(33-12)35-20-13-11(5-6-32-20)17(18(29)22(13,31)8-24)34-19(30)9-1-3-10(25)4-2-9/h1-6,11-18,20-21,23-29,31H,7-8H2/t11-,12-,13-,14-,15+,16-,17+,18-,20+,21+,22-/m1/s1. The summed E-state index contributed by atoms with van der Waals surface area (Å²) in [4.78, 5) is 12.6. The van der Waals surface area contributed by atoms with Crippen molar-refractivity contribution in [3.8, 4) is 5.75 Å². The van der Waals surface area contributed by atoms with Crippen molar-refractivity contribution in [3.05, 3.63) is 42.2 Å². The molecule has 0 radical (unpaired) electrons. The van der Waals surface area contributed by atoms with Gasteiger partial charge < -0.3 is 59.8 Å². The summed E-state index contributed by atoms with van der Waals surface area (Å²) in [6, 6.07) is 5.15. The lowest BCUT2D eigenvalue weighted by Gasteiger charge is -2.43. The molecule has 13 nitrogen and oxygen atoms in total. The van der Waals surface area contributed by atoms with Crippen molar-refractivity contribution in [3.63, 3.8) is 0 Å². The molecule has 0 unspecified atom stereocenters. The zero-order chi connectivity index (χ0) is 25.5. The van der Waals surface area contributed by atoms with Gasteiger partial charge in [0.15, 0.2) is 6.29 Å². The summed E-state index contributed by atoms with van der Waals surface area (Å²) in [7, 11) is 0. The van der Waals surface area contributed by atoms with Crippen molar-refractivity contribution in [2.45, 2.75) is 54.8 Å². The third-order valence-corrected chi connectivity index (χ3v) is 6.72. The second-order valence-electron chi connectivity index (χ2n) is 8.78. The Morgan fingerprint density at radius 1 is 1.00 bits per heavy atom. The molecular weight excluding hydrogens is 472 g/mol. The molecule has 194 valence electrons. The highest BCUT2D eigenvalue weighted by atomic mass is 16.8. The van der Waals surface area contributed by atoms with E-state index < -0.39 is 85.8 Å². The van der Waals surface area contributed by atoms with Gasteiger partial charge in [0.05, 0.1) is 31.0 Å². The Morgan fingerprint density at radius 3 is 2.31 bits per heavy atom. The fourth-order valence-electron chi connectivity index (χ4n) is 4.73. The lowest BCUT2D eigenvalue weighted by molar-refractivity contribution is -0.348. The van der Waals surface area contributed by atoms with Gasteiger partial charge in [-0.3, -0.25) is 0 Å². The Kier molecular flexibility index (Phi) is 7.33. The summed E-state index contributed by atoms with van der Waals surface area (Å²) in [6.07, 6.45) is -10.0. The summed E-state index contributed by atoms with van der Waals surface area (Å²) in [5.74, 6) is -3.09. The summed E-state index contributed by atoms with van der Waals surface area (Å²) in [6.45, 7) is -1.68. The highest BCUT2D eigenvalue weighted by Gasteiger charge is 2.65. The van der Waals surface area contributed by atoms with Crippen LogP contribution in [0.4, 0.5) is 0 Å². The molecule has 8 N–H and O–H groups in total. The van der Waals surface area contributed by atoms with Crippen molar-refractivity contribution < 1.29 is 64.6 Å². The molecule has 4 rings (SSSR count). The largest absolute Gasteiger partial charge is 0.508 e. The fraction of sp³-hybridized carbons (Fsp3) is 0.591. The number of phenolic OH excluding ortho intramolecular Hbond substituents is 1. The number of hydrogen-bond acceptors (Lipinski definition) is 13. The Morgan fingerprint density at radius 2 is 1.69 bits per heavy atom. The third kappa shape index (κ3) is 4.50. The van der Waals surface area contributed by atoms with Crippen molar-refractivity contribution >= 4 is 5.97 Å². The van der Waals surface area contributed by atoms with Gasteiger partial charge in [-0.15, -0.1) is 0 Å². The first-order valence-corrected chi connectivity index (χ1v) is 10.9. The second-order valence-corrected chi connectivity index (χ2v) is 8.78. The van der Waals surface area contributed by atoms with Crippen molar-refractivity contribution in [1.82, 2.24) is 0 Å². The Hall–Kier alpha value is -2.33. The van der Waals surface area contributed by atoms with Crippen LogP contribution in [-0.2, 0) is 18.9 Å². The van der Waals surface area contributed by atoms with Crippen LogP contribution in [0.5, 0.6) is 5.75 Å². The van der Waals surface area contributed by atoms with E-state index in [1.807, 2.05) is 0 Å². The molecule has 1 saturated heterocycles. The van der Waals surface area contributed by atoms with Crippen LogP contribution in [0.15, 0.2) is 36.6 Å². The molecule has 0 bridgehead atoms. The molecule has 1 saturated carbocycles. The predicted octanol–water partition coefficient (Wildman–Crippen LogP) is -3.07. The first kappa shape index (κ1) is 25.8. The monoisotopic (exact) mass is 500 g/mol. The maximum absolute atomic E-state index is 12.6. The molecule has 3 aliphatic rings. The van der Waals surface area contributed by atoms with E-state index in [1.54, 1.807) is 0 Å². The van der Waals surface area contributed by atoms with Crippen LogP contribution < -0.4 is 0 Å². The van der Waals surface area contributed by atoms with E-state index in [4.69, 9.17) is 18.9 Å². The Bertz CT molecular complexity index is 920. The smallest absolute Gasteiger partial charge is 0.338 e. The molecule has 2 fully saturated rings. The minimum atomic E-state index is -2.28. The number of benzene rings is 1. The summed E-state index contributed by atoms with van der Waals surface area (Å²) in [5, 5.41) is 81.0. The highest BCUT2D eigenvalue weighted by Crippen LogP contribution is 2.48.